The summed E-state index contributed by atoms with van der Waals surface area (Å²) in [6.07, 6.45) is 0. The zero-order valence-electron chi connectivity index (χ0n) is 11.6. The molecule has 0 atom stereocenters. The molecule has 0 bridgehead atoms. The number of hydrogen-bond acceptors (Lipinski definition) is 6. The molecule has 112 valence electrons. The van der Waals surface area contributed by atoms with E-state index in [1.165, 1.54) is 17.4 Å². The molecular weight excluding hydrogens is 323 g/mol. The molecule has 0 aliphatic carbocycles. The smallest absolute Gasteiger partial charge is 0.277 e. The van der Waals surface area contributed by atoms with E-state index in [-0.39, 0.29) is 28.2 Å². The molecule has 0 saturated heterocycles. The second-order valence-electron chi connectivity index (χ2n) is 4.48. The molecule has 0 radical (unpaired) electrons. The van der Waals surface area contributed by atoms with E-state index in [0.29, 0.717) is 4.88 Å². The molecule has 0 N–H and O–H groups in total. The van der Waals surface area contributed by atoms with Crippen LogP contribution >= 0.6 is 23.1 Å². The van der Waals surface area contributed by atoms with Crippen LogP contribution in [0.5, 0.6) is 0 Å². The van der Waals surface area contributed by atoms with Crippen molar-refractivity contribution in [3.05, 3.63) is 52.0 Å². The number of benzene rings is 1. The normalized spacial score (nSPS) is 10.8. The van der Waals surface area contributed by atoms with Gasteiger partial charge in [-0.05, 0) is 31.2 Å². The highest BCUT2D eigenvalue weighted by molar-refractivity contribution is 7.99. The summed E-state index contributed by atoms with van der Waals surface area (Å²) in [7, 11) is 0. The number of ketones is 1. The monoisotopic (exact) mass is 334 g/mol. The fourth-order valence-electron chi connectivity index (χ4n) is 1.79. The lowest BCUT2D eigenvalue weighted by molar-refractivity contribution is 0.102. The highest BCUT2D eigenvalue weighted by Gasteiger charge is 2.15. The fraction of sp³-hybridized carbons (Fsp3) is 0.133. The van der Waals surface area contributed by atoms with E-state index in [0.717, 1.165) is 16.6 Å². The molecule has 0 aliphatic heterocycles. The first-order valence-corrected chi connectivity index (χ1v) is 8.24. The van der Waals surface area contributed by atoms with Crippen LogP contribution in [0, 0.1) is 12.7 Å². The van der Waals surface area contributed by atoms with E-state index in [1.807, 2.05) is 19.1 Å². The first kappa shape index (κ1) is 14.9. The Morgan fingerprint density at radius 1 is 1.27 bits per heavy atom. The average Bonchev–Trinajstić information content (AvgIpc) is 3.14. The maximum atomic E-state index is 13.6. The van der Waals surface area contributed by atoms with Gasteiger partial charge in [-0.2, -0.15) is 0 Å². The molecule has 22 heavy (non-hydrogen) atoms. The molecule has 7 heteroatoms. The summed E-state index contributed by atoms with van der Waals surface area (Å²) in [6.45, 7) is 1.95. The van der Waals surface area contributed by atoms with Crippen LogP contribution in [-0.4, -0.2) is 21.7 Å². The minimum atomic E-state index is -0.423. The maximum Gasteiger partial charge on any atom is 0.277 e. The van der Waals surface area contributed by atoms with E-state index in [4.69, 9.17) is 4.42 Å². The Morgan fingerprint density at radius 2 is 2.09 bits per heavy atom. The number of Topliss-reactive ketones (excluding diaryl/α,β-unsaturated/α-hetero) is 1. The number of carbonyl (C=O) groups excluding carboxylic acids is 1. The lowest BCUT2D eigenvalue weighted by Gasteiger charge is -1.96. The number of aromatic nitrogens is 2. The minimum absolute atomic E-state index is 0.00809. The Bertz CT molecular complexity index is 813. The molecular formula is C15H11FN2O2S2. The van der Waals surface area contributed by atoms with Gasteiger partial charge in [0.05, 0.1) is 16.2 Å². The van der Waals surface area contributed by atoms with E-state index < -0.39 is 5.82 Å². The van der Waals surface area contributed by atoms with Crippen LogP contribution in [0.3, 0.4) is 0 Å². The summed E-state index contributed by atoms with van der Waals surface area (Å²) in [6, 6.07) is 9.89. The highest BCUT2D eigenvalue weighted by atomic mass is 32.2. The average molecular weight is 334 g/mol. The number of aryl methyl sites for hydroxylation is 1. The second-order valence-corrected chi connectivity index (χ2v) is 6.69. The van der Waals surface area contributed by atoms with Crippen LogP contribution in [0.25, 0.3) is 11.5 Å². The van der Waals surface area contributed by atoms with E-state index in [1.54, 1.807) is 18.2 Å². The van der Waals surface area contributed by atoms with Gasteiger partial charge in [-0.3, -0.25) is 4.79 Å². The second kappa shape index (κ2) is 6.41. The Labute approximate surface area is 134 Å². The first-order chi connectivity index (χ1) is 10.6. The van der Waals surface area contributed by atoms with Gasteiger partial charge in [-0.1, -0.05) is 23.9 Å². The van der Waals surface area contributed by atoms with Crippen molar-refractivity contribution in [2.45, 2.75) is 12.1 Å². The fourth-order valence-corrected chi connectivity index (χ4v) is 3.34. The lowest BCUT2D eigenvalue weighted by Crippen LogP contribution is -1.99. The summed E-state index contributed by atoms with van der Waals surface area (Å²) in [5.41, 5.74) is 0.252. The standard InChI is InChI=1S/C15H11FN2O2S2/c1-9-6-7-13(22-9)12(19)8-21-15-18-17-14(20-15)10-4-2-3-5-11(10)16/h2-7H,8H2,1H3. The van der Waals surface area contributed by atoms with E-state index in [2.05, 4.69) is 10.2 Å². The largest absolute Gasteiger partial charge is 0.411 e. The van der Waals surface area contributed by atoms with Crippen molar-refractivity contribution in [2.75, 3.05) is 5.75 Å². The molecule has 0 fully saturated rings. The summed E-state index contributed by atoms with van der Waals surface area (Å²) in [5.74, 6) is -0.0969. The summed E-state index contributed by atoms with van der Waals surface area (Å²) >= 11 is 2.60. The van der Waals surface area contributed by atoms with Gasteiger partial charge in [0.1, 0.15) is 5.82 Å². The Kier molecular flexibility index (Phi) is 4.35. The third-order valence-corrected chi connectivity index (χ3v) is 4.71. The third-order valence-electron chi connectivity index (χ3n) is 2.85. The summed E-state index contributed by atoms with van der Waals surface area (Å²) in [5, 5.41) is 7.90. The molecule has 2 aromatic heterocycles. The van der Waals surface area contributed by atoms with E-state index >= 15 is 0 Å². The molecule has 2 heterocycles. The van der Waals surface area contributed by atoms with Crippen LogP contribution in [-0.2, 0) is 0 Å². The Morgan fingerprint density at radius 3 is 2.82 bits per heavy atom. The van der Waals surface area contributed by atoms with Crippen molar-refractivity contribution in [1.29, 1.82) is 0 Å². The molecule has 0 amide bonds. The van der Waals surface area contributed by atoms with Crippen molar-refractivity contribution in [2.24, 2.45) is 0 Å². The molecule has 0 unspecified atom stereocenters. The number of nitrogens with zero attached hydrogens (tertiary/aromatic N) is 2. The number of hydrogen-bond donors (Lipinski definition) is 0. The van der Waals surface area contributed by atoms with Crippen molar-refractivity contribution < 1.29 is 13.6 Å². The minimum Gasteiger partial charge on any atom is -0.411 e. The zero-order chi connectivity index (χ0) is 15.5. The quantitative estimate of drug-likeness (QED) is 0.516. The number of thioether (sulfide) groups is 1. The highest BCUT2D eigenvalue weighted by Crippen LogP contribution is 2.26. The van der Waals surface area contributed by atoms with E-state index in [9.17, 15) is 9.18 Å². The summed E-state index contributed by atoms with van der Waals surface area (Å²) < 4.78 is 19.0. The molecule has 0 aliphatic rings. The number of rotatable bonds is 5. The number of carbonyl (C=O) groups is 1. The Balaban J connectivity index is 1.67. The van der Waals surface area contributed by atoms with Gasteiger partial charge < -0.3 is 4.42 Å². The van der Waals surface area contributed by atoms with Gasteiger partial charge >= 0.3 is 0 Å². The van der Waals surface area contributed by atoms with Gasteiger partial charge in [0.15, 0.2) is 5.78 Å². The van der Waals surface area contributed by atoms with Crippen LogP contribution in [0.15, 0.2) is 46.0 Å². The lowest BCUT2D eigenvalue weighted by atomic mass is 10.2. The molecule has 3 aromatic rings. The maximum absolute atomic E-state index is 13.6. The number of thiophene rings is 1. The zero-order valence-corrected chi connectivity index (χ0v) is 13.2. The molecule has 4 nitrogen and oxygen atoms in total. The van der Waals surface area contributed by atoms with Crippen LogP contribution in [0.4, 0.5) is 4.39 Å². The SMILES string of the molecule is Cc1ccc(C(=O)CSc2nnc(-c3ccccc3F)o2)s1. The number of halogens is 1. The van der Waals surface area contributed by atoms with Crippen molar-refractivity contribution in [1.82, 2.24) is 10.2 Å². The third kappa shape index (κ3) is 3.26. The predicted molar refractivity (Wildman–Crippen MR) is 83.8 cm³/mol. The van der Waals surface area contributed by atoms with Crippen LogP contribution < -0.4 is 0 Å². The molecule has 0 saturated carbocycles. The Hall–Kier alpha value is -1.99. The van der Waals surface area contributed by atoms with Gasteiger partial charge in [0.2, 0.25) is 0 Å². The van der Waals surface area contributed by atoms with Gasteiger partial charge in [-0.15, -0.1) is 21.5 Å². The predicted octanol–water partition coefficient (Wildman–Crippen LogP) is 4.22. The van der Waals surface area contributed by atoms with Crippen molar-refractivity contribution >= 4 is 28.9 Å². The van der Waals surface area contributed by atoms with Crippen molar-refractivity contribution in [3.8, 4) is 11.5 Å². The van der Waals surface area contributed by atoms with Gasteiger partial charge in [0, 0.05) is 4.88 Å². The van der Waals surface area contributed by atoms with Gasteiger partial charge in [0.25, 0.3) is 11.1 Å². The molecule has 1 aromatic carbocycles. The molecule has 3 rings (SSSR count). The summed E-state index contributed by atoms with van der Waals surface area (Å²) in [4.78, 5) is 13.8. The first-order valence-electron chi connectivity index (χ1n) is 6.44. The van der Waals surface area contributed by atoms with Crippen LogP contribution in [0.2, 0.25) is 0 Å². The molecule has 0 spiro atoms. The van der Waals surface area contributed by atoms with Crippen LogP contribution in [0.1, 0.15) is 14.5 Å². The van der Waals surface area contributed by atoms with Crippen molar-refractivity contribution in [3.63, 3.8) is 0 Å². The topological polar surface area (TPSA) is 56.0 Å². The van der Waals surface area contributed by atoms with Gasteiger partial charge in [-0.25, -0.2) is 4.39 Å².